The highest BCUT2D eigenvalue weighted by atomic mass is 32.2. The predicted molar refractivity (Wildman–Crippen MR) is 113 cm³/mol. The zero-order valence-corrected chi connectivity index (χ0v) is 16.4. The Morgan fingerprint density at radius 3 is 2.74 bits per heavy atom. The van der Waals surface area contributed by atoms with Gasteiger partial charge in [-0.25, -0.2) is 4.98 Å². The molecular weight excluding hydrogens is 376 g/mol. The minimum absolute atomic E-state index is 0.254. The van der Waals surface area contributed by atoms with Crippen LogP contribution in [0.5, 0.6) is 0 Å². The van der Waals surface area contributed by atoms with E-state index in [0.717, 1.165) is 33.6 Å². The van der Waals surface area contributed by atoms with Crippen molar-refractivity contribution in [3.63, 3.8) is 0 Å². The van der Waals surface area contributed by atoms with Crippen molar-refractivity contribution in [2.24, 2.45) is 0 Å². The molecule has 0 radical (unpaired) electrons. The van der Waals surface area contributed by atoms with Crippen molar-refractivity contribution in [2.75, 3.05) is 11.6 Å². The summed E-state index contributed by atoms with van der Waals surface area (Å²) < 4.78 is 5.84. The molecule has 0 bridgehead atoms. The van der Waals surface area contributed by atoms with Gasteiger partial charge in [0.25, 0.3) is 5.91 Å². The summed E-state index contributed by atoms with van der Waals surface area (Å²) in [7, 11) is 0. The molecule has 27 heavy (non-hydrogen) atoms. The maximum atomic E-state index is 12.8. The van der Waals surface area contributed by atoms with Gasteiger partial charge in [-0.05, 0) is 17.9 Å². The van der Waals surface area contributed by atoms with Gasteiger partial charge in [0.15, 0.2) is 10.9 Å². The van der Waals surface area contributed by atoms with Crippen molar-refractivity contribution < 1.29 is 9.21 Å². The fraction of sp³-hybridized carbons (Fsp3) is 0.143. The van der Waals surface area contributed by atoms with Gasteiger partial charge >= 0.3 is 0 Å². The lowest BCUT2D eigenvalue weighted by atomic mass is 10.1. The summed E-state index contributed by atoms with van der Waals surface area (Å²) >= 11 is 3.15. The number of nitrogens with one attached hydrogen (secondary N) is 1. The zero-order chi connectivity index (χ0) is 18.6. The molecular formula is C21H18N2O2S2. The normalized spacial score (nSPS) is 11.0. The minimum Gasteiger partial charge on any atom is -0.451 e. The van der Waals surface area contributed by atoms with Crippen molar-refractivity contribution >= 4 is 45.1 Å². The fourth-order valence-corrected chi connectivity index (χ4v) is 4.38. The molecule has 2 heterocycles. The number of furan rings is 1. The Morgan fingerprint density at radius 2 is 1.93 bits per heavy atom. The predicted octanol–water partition coefficient (Wildman–Crippen LogP) is 5.60. The number of para-hydroxylation sites is 1. The Hall–Kier alpha value is -2.57. The maximum absolute atomic E-state index is 12.8. The largest absolute Gasteiger partial charge is 0.451 e. The van der Waals surface area contributed by atoms with E-state index < -0.39 is 0 Å². The molecule has 136 valence electrons. The first-order valence-corrected chi connectivity index (χ1v) is 10.7. The average Bonchev–Trinajstić information content (AvgIpc) is 3.28. The summed E-state index contributed by atoms with van der Waals surface area (Å²) in [5.41, 5.74) is 2.88. The first-order chi connectivity index (χ1) is 13.2. The number of thiazole rings is 1. The van der Waals surface area contributed by atoms with Crippen molar-refractivity contribution in [2.45, 2.75) is 12.2 Å². The highest BCUT2D eigenvalue weighted by Crippen LogP contribution is 2.30. The maximum Gasteiger partial charge on any atom is 0.293 e. The molecule has 0 saturated heterocycles. The highest BCUT2D eigenvalue weighted by molar-refractivity contribution is 7.97. The lowest BCUT2D eigenvalue weighted by molar-refractivity contribution is 0.0998. The molecule has 4 nitrogen and oxygen atoms in total. The number of hydrogen-bond acceptors (Lipinski definition) is 5. The van der Waals surface area contributed by atoms with E-state index in [1.165, 1.54) is 16.9 Å². The molecule has 1 amide bonds. The summed E-state index contributed by atoms with van der Waals surface area (Å²) in [4.78, 5) is 18.2. The second-order valence-corrected chi connectivity index (χ2v) is 8.07. The number of carbonyl (C=O) groups excluding carboxylic acids is 1. The van der Waals surface area contributed by atoms with E-state index in [4.69, 9.17) is 4.42 Å². The van der Waals surface area contributed by atoms with Crippen LogP contribution in [0.25, 0.3) is 11.0 Å². The van der Waals surface area contributed by atoms with Crippen LogP contribution in [0.15, 0.2) is 65.2 Å². The van der Waals surface area contributed by atoms with Crippen molar-refractivity contribution in [1.29, 1.82) is 0 Å². The second-order valence-electron chi connectivity index (χ2n) is 6.09. The fourth-order valence-electron chi connectivity index (χ4n) is 2.97. The van der Waals surface area contributed by atoms with Gasteiger partial charge in [-0.15, -0.1) is 11.3 Å². The average molecular weight is 395 g/mol. The van der Waals surface area contributed by atoms with Crippen LogP contribution in [0.4, 0.5) is 5.13 Å². The number of hydrogen-bond donors (Lipinski definition) is 1. The van der Waals surface area contributed by atoms with Crippen molar-refractivity contribution in [1.82, 2.24) is 4.98 Å². The topological polar surface area (TPSA) is 55.1 Å². The third-order valence-corrected chi connectivity index (χ3v) is 5.68. The van der Waals surface area contributed by atoms with Gasteiger partial charge in [-0.3, -0.25) is 10.1 Å². The third kappa shape index (κ3) is 3.91. The first-order valence-electron chi connectivity index (χ1n) is 8.54. The van der Waals surface area contributed by atoms with Crippen LogP contribution < -0.4 is 5.32 Å². The van der Waals surface area contributed by atoms with Gasteiger partial charge < -0.3 is 4.42 Å². The minimum atomic E-state index is -0.254. The number of fused-ring (bicyclic) bond motifs is 1. The molecule has 0 atom stereocenters. The smallest absolute Gasteiger partial charge is 0.293 e. The lowest BCUT2D eigenvalue weighted by Gasteiger charge is -2.02. The molecule has 4 rings (SSSR count). The van der Waals surface area contributed by atoms with Crippen molar-refractivity contribution in [3.05, 3.63) is 82.6 Å². The van der Waals surface area contributed by atoms with Crippen LogP contribution in [-0.2, 0) is 12.2 Å². The van der Waals surface area contributed by atoms with Gasteiger partial charge in [0, 0.05) is 34.2 Å². The number of nitrogens with zero attached hydrogens (tertiary/aromatic N) is 1. The quantitative estimate of drug-likeness (QED) is 0.463. The van der Waals surface area contributed by atoms with Crippen LogP contribution in [0.2, 0.25) is 0 Å². The van der Waals surface area contributed by atoms with Gasteiger partial charge in [0.05, 0.1) is 0 Å². The number of benzene rings is 2. The molecule has 4 aromatic rings. The van der Waals surface area contributed by atoms with Gasteiger partial charge in [0.1, 0.15) is 5.58 Å². The van der Waals surface area contributed by atoms with E-state index in [2.05, 4.69) is 22.4 Å². The zero-order valence-electron chi connectivity index (χ0n) is 14.8. The second kappa shape index (κ2) is 7.98. The molecule has 1 N–H and O–H groups in total. The van der Waals surface area contributed by atoms with Crippen LogP contribution in [-0.4, -0.2) is 17.1 Å². The molecule has 0 aliphatic rings. The molecule has 6 heteroatoms. The summed E-state index contributed by atoms with van der Waals surface area (Å²) in [5, 5.41) is 4.46. The molecule has 0 spiro atoms. The Morgan fingerprint density at radius 1 is 1.15 bits per heavy atom. The van der Waals surface area contributed by atoms with Gasteiger partial charge in [0.2, 0.25) is 0 Å². The van der Waals surface area contributed by atoms with E-state index in [0.29, 0.717) is 10.9 Å². The van der Waals surface area contributed by atoms with Gasteiger partial charge in [-0.1, -0.05) is 48.5 Å². The van der Waals surface area contributed by atoms with Gasteiger partial charge in [-0.2, -0.15) is 11.8 Å². The number of amides is 1. The number of anilines is 1. The summed E-state index contributed by atoms with van der Waals surface area (Å²) in [5.74, 6) is 0.831. The van der Waals surface area contributed by atoms with Crippen LogP contribution >= 0.6 is 23.1 Å². The molecule has 0 unspecified atom stereocenters. The number of carbonyl (C=O) groups is 1. The molecule has 0 aliphatic heterocycles. The van der Waals surface area contributed by atoms with Crippen LogP contribution in [0.1, 0.15) is 26.6 Å². The Bertz CT molecular complexity index is 1070. The number of aromatic nitrogens is 1. The molecule has 0 saturated carbocycles. The van der Waals surface area contributed by atoms with Crippen LogP contribution in [0.3, 0.4) is 0 Å². The van der Waals surface area contributed by atoms with E-state index >= 15 is 0 Å². The molecule has 0 aliphatic carbocycles. The highest BCUT2D eigenvalue weighted by Gasteiger charge is 2.21. The molecule has 0 fully saturated rings. The third-order valence-electron chi connectivity index (χ3n) is 4.19. The monoisotopic (exact) mass is 394 g/mol. The number of rotatable bonds is 6. The van der Waals surface area contributed by atoms with E-state index in [9.17, 15) is 4.79 Å². The summed E-state index contributed by atoms with van der Waals surface area (Å²) in [6.45, 7) is 0. The molecule has 2 aromatic heterocycles. The Kier molecular flexibility index (Phi) is 5.27. The standard InChI is InChI=1S/C21H18N2O2S2/c1-26-13-17-16-9-5-6-10-18(16)25-19(17)20(24)23-21-22-12-15(27-21)11-14-7-3-2-4-8-14/h2-10,12H,11,13H2,1H3,(H,22,23,24). The SMILES string of the molecule is CSCc1c(C(=O)Nc2ncc(Cc3ccccc3)s2)oc2ccccc12. The van der Waals surface area contributed by atoms with E-state index in [1.54, 1.807) is 11.8 Å². The summed E-state index contributed by atoms with van der Waals surface area (Å²) in [6.07, 6.45) is 4.63. The summed E-state index contributed by atoms with van der Waals surface area (Å²) in [6, 6.07) is 18.0. The van der Waals surface area contributed by atoms with E-state index in [-0.39, 0.29) is 5.91 Å². The van der Waals surface area contributed by atoms with E-state index in [1.807, 2.05) is 54.9 Å². The number of thioether (sulfide) groups is 1. The van der Waals surface area contributed by atoms with Crippen LogP contribution in [0, 0.1) is 0 Å². The Labute approximate surface area is 165 Å². The Balaban J connectivity index is 1.54. The first kappa shape index (κ1) is 17.8. The van der Waals surface area contributed by atoms with Crippen molar-refractivity contribution in [3.8, 4) is 0 Å². The molecule has 2 aromatic carbocycles. The lowest BCUT2D eigenvalue weighted by Crippen LogP contribution is -2.12.